The Kier molecular flexibility index (Phi) is 62.9. The zero-order valence-electron chi connectivity index (χ0n) is 27.3. The van der Waals surface area contributed by atoms with E-state index in [0.29, 0.717) is 24.0 Å². The molecule has 6 heteroatoms. The maximum absolute atomic E-state index is 10.5. The molecule has 1 saturated heterocycles. The van der Waals surface area contributed by atoms with Gasteiger partial charge in [-0.1, -0.05) is 64.5 Å². The van der Waals surface area contributed by atoms with Gasteiger partial charge >= 0.3 is 11.9 Å². The first-order valence-corrected chi connectivity index (χ1v) is 12.8. The highest BCUT2D eigenvalue weighted by atomic mass is 16.5. The van der Waals surface area contributed by atoms with E-state index in [1.165, 1.54) is 46.0 Å². The van der Waals surface area contributed by atoms with Gasteiger partial charge in [-0.2, -0.15) is 0 Å². The van der Waals surface area contributed by atoms with Crippen molar-refractivity contribution < 1.29 is 28.7 Å². The van der Waals surface area contributed by atoms with Gasteiger partial charge in [-0.3, -0.25) is 14.4 Å². The molecule has 0 amide bonds. The van der Waals surface area contributed by atoms with Crippen molar-refractivity contribution in [2.24, 2.45) is 0 Å². The van der Waals surface area contributed by atoms with Crippen molar-refractivity contribution in [1.29, 1.82) is 0 Å². The highest BCUT2D eigenvalue weighted by Gasteiger charge is 2.22. The third-order valence-corrected chi connectivity index (χ3v) is 3.26. The van der Waals surface area contributed by atoms with Gasteiger partial charge in [-0.25, -0.2) is 4.79 Å². The Morgan fingerprint density at radius 3 is 1.49 bits per heavy atom. The van der Waals surface area contributed by atoms with Gasteiger partial charge in [0.15, 0.2) is 11.6 Å². The van der Waals surface area contributed by atoms with E-state index in [1.54, 1.807) is 26.8 Å². The number of allylic oxidation sites excluding steroid dienone is 3. The Balaban J connectivity index is -0.0000000660. The smallest absolute Gasteiger partial charge is 0.333 e. The highest BCUT2D eigenvalue weighted by molar-refractivity contribution is 5.91. The Morgan fingerprint density at radius 2 is 1.44 bits per heavy atom. The normalized spacial score (nSPS) is 10.4. The van der Waals surface area contributed by atoms with Gasteiger partial charge in [-0.05, 0) is 72.0 Å². The standard InChI is InChI=1S/C6H8O2.C5H8O2.C5H8O.C5H4.C4H6O.C4H10.C3H6.C3H4/c1-4-3-5(2)8-6(4)7;1-3-4-5(6)7-2;1-4(2)5(3)6;1-3-5-4-2;1-3-4(2)5;1-3-4-2;2*1-3-2/h5H,1,3H2,2H3;3H,1,4H2,2H3;1H2,2-3H3;1H,2H3;3H,1H2,2H3;3-4H2,1-2H3;3H,1H2,2H3;1H,2H3. The topological polar surface area (TPSA) is 86.7 Å². The van der Waals surface area contributed by atoms with E-state index in [9.17, 15) is 19.2 Å². The van der Waals surface area contributed by atoms with Crippen LogP contribution in [0.4, 0.5) is 0 Å². The van der Waals surface area contributed by atoms with E-state index in [1.807, 2.05) is 13.8 Å². The second-order valence-corrected chi connectivity index (χ2v) is 7.46. The molecule has 41 heavy (non-hydrogen) atoms. The number of hydrogen-bond acceptors (Lipinski definition) is 6. The molecule has 1 rings (SSSR count). The summed E-state index contributed by atoms with van der Waals surface area (Å²) in [4.78, 5) is 40.3. The monoisotopic (exact) mass is 570 g/mol. The van der Waals surface area contributed by atoms with Crippen LogP contribution in [0, 0.1) is 36.5 Å². The predicted octanol–water partition coefficient (Wildman–Crippen LogP) is 7.81. The molecular weight excluding hydrogens is 516 g/mol. The fourth-order valence-corrected chi connectivity index (χ4v) is 1.01. The van der Waals surface area contributed by atoms with Crippen molar-refractivity contribution in [2.45, 2.75) is 94.1 Å². The van der Waals surface area contributed by atoms with Gasteiger partial charge in [0.25, 0.3) is 0 Å². The minimum absolute atomic E-state index is 0.0185. The van der Waals surface area contributed by atoms with E-state index in [2.05, 4.69) is 81.6 Å². The number of ether oxygens (including phenoxy) is 2. The molecule has 0 aliphatic carbocycles. The first-order chi connectivity index (χ1) is 19.1. The predicted molar refractivity (Wildman–Crippen MR) is 176 cm³/mol. The molecule has 0 aromatic carbocycles. The van der Waals surface area contributed by atoms with Crippen molar-refractivity contribution in [3.63, 3.8) is 0 Å². The lowest BCUT2D eigenvalue weighted by Crippen LogP contribution is -1.99. The van der Waals surface area contributed by atoms with Crippen LogP contribution in [0.2, 0.25) is 0 Å². The number of ketones is 2. The number of carbonyl (C=O) groups is 4. The summed E-state index contributed by atoms with van der Waals surface area (Å²) in [6.07, 6.45) is 17.5. The number of carbonyl (C=O) groups excluding carboxylic acids is 4. The van der Waals surface area contributed by atoms with Crippen molar-refractivity contribution in [3.05, 3.63) is 62.3 Å². The Bertz CT molecular complexity index is 866. The highest BCUT2D eigenvalue weighted by Crippen LogP contribution is 2.16. The molecule has 0 N–H and O–H groups in total. The second kappa shape index (κ2) is 48.7. The first-order valence-electron chi connectivity index (χ1n) is 12.8. The zero-order valence-corrected chi connectivity index (χ0v) is 27.3. The van der Waals surface area contributed by atoms with Crippen LogP contribution >= 0.6 is 0 Å². The number of esters is 2. The molecule has 1 fully saturated rings. The molecule has 6 nitrogen and oxygen atoms in total. The van der Waals surface area contributed by atoms with Crippen molar-refractivity contribution in [2.75, 3.05) is 7.11 Å². The maximum Gasteiger partial charge on any atom is 0.333 e. The summed E-state index contributed by atoms with van der Waals surface area (Å²) in [6.45, 7) is 33.0. The molecule has 1 atom stereocenters. The number of Topliss-reactive ketones (excluding diaryl/α,β-unsaturated/α-hetero) is 1. The van der Waals surface area contributed by atoms with Gasteiger partial charge in [-0.15, -0.1) is 31.9 Å². The number of hydrogen-bond donors (Lipinski definition) is 0. The molecule has 1 heterocycles. The Hall–Kier alpha value is -4.34. The molecule has 230 valence electrons. The van der Waals surface area contributed by atoms with E-state index >= 15 is 0 Å². The number of cyclic esters (lactones) is 1. The van der Waals surface area contributed by atoms with Gasteiger partial charge in [0.2, 0.25) is 0 Å². The molecule has 1 aliphatic heterocycles. The SMILES string of the molecule is C#CC.C#CC#CC.C=C(C)C(C)=O.C=C1CC(C)OC1=O.C=CC.C=CC(C)=O.C=CCC(=O)OC.CCCC. The summed E-state index contributed by atoms with van der Waals surface area (Å²) in [5.41, 5.74) is 1.22. The summed E-state index contributed by atoms with van der Waals surface area (Å²) in [6, 6.07) is 0. The number of terminal acetylenes is 2. The first kappa shape index (κ1) is 53.0. The summed E-state index contributed by atoms with van der Waals surface area (Å²) in [5.74, 6) is 8.93. The lowest BCUT2D eigenvalue weighted by Gasteiger charge is -1.94. The van der Waals surface area contributed by atoms with Crippen LogP contribution in [0.1, 0.15) is 88.0 Å². The summed E-state index contributed by atoms with van der Waals surface area (Å²) < 4.78 is 9.02. The van der Waals surface area contributed by atoms with Gasteiger partial charge < -0.3 is 9.47 Å². The minimum Gasteiger partial charge on any atom is -0.469 e. The van der Waals surface area contributed by atoms with Crippen LogP contribution < -0.4 is 0 Å². The van der Waals surface area contributed by atoms with Gasteiger partial charge in [0, 0.05) is 12.0 Å². The zero-order chi connectivity index (χ0) is 34.2. The molecule has 0 aromatic heterocycles. The third-order valence-electron chi connectivity index (χ3n) is 3.26. The van der Waals surface area contributed by atoms with Crippen LogP contribution in [0.25, 0.3) is 0 Å². The van der Waals surface area contributed by atoms with Crippen LogP contribution in [0.3, 0.4) is 0 Å². The average molecular weight is 571 g/mol. The molecule has 1 aliphatic rings. The molecule has 0 spiro atoms. The van der Waals surface area contributed by atoms with E-state index < -0.39 is 0 Å². The average Bonchev–Trinajstić information content (AvgIpc) is 3.21. The number of rotatable bonds is 5. The van der Waals surface area contributed by atoms with Gasteiger partial charge in [0.05, 0.1) is 13.5 Å². The van der Waals surface area contributed by atoms with Crippen molar-refractivity contribution in [1.82, 2.24) is 0 Å². The van der Waals surface area contributed by atoms with Gasteiger partial charge in [0.1, 0.15) is 6.10 Å². The Morgan fingerprint density at radius 1 is 1.07 bits per heavy atom. The lowest BCUT2D eigenvalue weighted by molar-refractivity contribution is -0.140. The molecule has 0 aromatic rings. The molecular formula is C35H54O6. The summed E-state index contributed by atoms with van der Waals surface area (Å²) >= 11 is 0. The van der Waals surface area contributed by atoms with Crippen LogP contribution in [0.15, 0.2) is 62.3 Å². The van der Waals surface area contributed by atoms with Crippen LogP contribution in [0.5, 0.6) is 0 Å². The summed E-state index contributed by atoms with van der Waals surface area (Å²) in [5, 5.41) is 0. The summed E-state index contributed by atoms with van der Waals surface area (Å²) in [7, 11) is 1.35. The Labute approximate surface area is 252 Å². The third kappa shape index (κ3) is 86.1. The van der Waals surface area contributed by atoms with Crippen LogP contribution in [-0.4, -0.2) is 36.7 Å². The van der Waals surface area contributed by atoms with Crippen LogP contribution in [-0.2, 0) is 28.7 Å². The van der Waals surface area contributed by atoms with E-state index in [-0.39, 0.29) is 29.6 Å². The fraction of sp³-hybridized carbons (Fsp3) is 0.429. The van der Waals surface area contributed by atoms with Crippen molar-refractivity contribution in [3.8, 4) is 36.5 Å². The largest absolute Gasteiger partial charge is 0.469 e. The van der Waals surface area contributed by atoms with E-state index in [0.717, 1.165) is 0 Å². The minimum atomic E-state index is -0.241. The lowest BCUT2D eigenvalue weighted by atomic mass is 10.2. The fourth-order valence-electron chi connectivity index (χ4n) is 1.01. The maximum atomic E-state index is 10.5. The van der Waals surface area contributed by atoms with Crippen molar-refractivity contribution >= 4 is 23.5 Å². The number of methoxy groups -OCH3 is 1. The molecule has 0 saturated carbocycles. The molecule has 0 bridgehead atoms. The quantitative estimate of drug-likeness (QED) is 0.145. The molecule has 1 unspecified atom stereocenters. The number of unbranched alkanes of at least 4 members (excludes halogenated alkanes) is 1. The second-order valence-electron chi connectivity index (χ2n) is 7.46. The van der Waals surface area contributed by atoms with E-state index in [4.69, 9.17) is 11.2 Å². The molecule has 0 radical (unpaired) electrons.